The van der Waals surface area contributed by atoms with Crippen molar-refractivity contribution in [1.29, 1.82) is 0 Å². The van der Waals surface area contributed by atoms with Crippen LogP contribution in [0.4, 0.5) is 0 Å². The number of hydrogen-bond acceptors (Lipinski definition) is 6. The van der Waals surface area contributed by atoms with Gasteiger partial charge in [-0.25, -0.2) is 0 Å². The highest BCUT2D eigenvalue weighted by Crippen LogP contribution is 2.23. The Morgan fingerprint density at radius 2 is 2.04 bits per heavy atom. The van der Waals surface area contributed by atoms with Gasteiger partial charge in [-0.2, -0.15) is 10.2 Å². The van der Waals surface area contributed by atoms with E-state index in [9.17, 15) is 14.7 Å². The molecule has 2 amide bonds. The molecule has 1 fully saturated rings. The smallest absolute Gasteiger partial charge is 0.271 e. The van der Waals surface area contributed by atoms with Crippen LogP contribution in [0, 0.1) is 0 Å². The lowest BCUT2D eigenvalue weighted by atomic mass is 9.93. The monoisotopic (exact) mass is 373 g/mol. The van der Waals surface area contributed by atoms with Crippen LogP contribution in [-0.2, 0) is 6.61 Å². The number of nitrogens with one attached hydrogen (secondary N) is 3. The average Bonchev–Trinajstić information content (AvgIpc) is 3.13. The molecule has 4 N–H and O–H groups in total. The number of amides is 2. The summed E-state index contributed by atoms with van der Waals surface area (Å²) in [6.07, 6.45) is 5.64. The number of H-pyrrole nitrogens is 1. The van der Waals surface area contributed by atoms with Crippen LogP contribution in [0.1, 0.15) is 52.2 Å². The van der Waals surface area contributed by atoms with Gasteiger partial charge in [0, 0.05) is 30.9 Å². The molecule has 0 unspecified atom stereocenters. The molecular weight excluding hydrogens is 350 g/mol. The average molecular weight is 373 g/mol. The van der Waals surface area contributed by atoms with Gasteiger partial charge in [0.1, 0.15) is 18.0 Å². The number of carbonyl (C=O) groups is 2. The third-order valence-electron chi connectivity index (χ3n) is 4.55. The highest BCUT2D eigenvalue weighted by Gasteiger charge is 2.24. The van der Waals surface area contributed by atoms with Gasteiger partial charge in [0.2, 0.25) is 0 Å². The summed E-state index contributed by atoms with van der Waals surface area (Å²) in [5, 5.41) is 22.5. The van der Waals surface area contributed by atoms with Gasteiger partial charge in [-0.05, 0) is 31.7 Å². The lowest BCUT2D eigenvalue weighted by molar-refractivity contribution is 0.0863. The number of aliphatic hydroxyl groups excluding tert-OH is 1. The second kappa shape index (κ2) is 8.63. The fourth-order valence-electron chi connectivity index (χ4n) is 3.01. The topological polar surface area (TPSA) is 129 Å². The van der Waals surface area contributed by atoms with E-state index < -0.39 is 0 Å². The molecule has 27 heavy (non-hydrogen) atoms. The highest BCUT2D eigenvalue weighted by molar-refractivity contribution is 5.99. The number of aromatic nitrogens is 3. The first-order valence-corrected chi connectivity index (χ1v) is 8.89. The summed E-state index contributed by atoms with van der Waals surface area (Å²) in [5.41, 5.74) is 1.23. The van der Waals surface area contributed by atoms with E-state index >= 15 is 0 Å². The molecular formula is C18H23N5O4. The van der Waals surface area contributed by atoms with Gasteiger partial charge in [0.05, 0.1) is 12.3 Å². The summed E-state index contributed by atoms with van der Waals surface area (Å²) in [4.78, 5) is 27.5. The summed E-state index contributed by atoms with van der Waals surface area (Å²) >= 11 is 0. The lowest BCUT2D eigenvalue weighted by Crippen LogP contribution is -2.38. The number of aliphatic hydroxyl groups is 1. The molecule has 1 aliphatic rings. The van der Waals surface area contributed by atoms with Crippen molar-refractivity contribution in [2.75, 3.05) is 7.05 Å². The van der Waals surface area contributed by atoms with E-state index in [1.165, 1.54) is 13.1 Å². The van der Waals surface area contributed by atoms with Crippen molar-refractivity contribution in [2.24, 2.45) is 0 Å². The Balaban J connectivity index is 1.70. The molecule has 0 radical (unpaired) electrons. The predicted molar refractivity (Wildman–Crippen MR) is 96.3 cm³/mol. The highest BCUT2D eigenvalue weighted by atomic mass is 16.5. The fourth-order valence-corrected chi connectivity index (χ4v) is 3.01. The maximum Gasteiger partial charge on any atom is 0.271 e. The molecule has 0 bridgehead atoms. The van der Waals surface area contributed by atoms with Crippen LogP contribution in [-0.4, -0.2) is 51.3 Å². The van der Waals surface area contributed by atoms with Gasteiger partial charge >= 0.3 is 0 Å². The maximum atomic E-state index is 12.5. The van der Waals surface area contributed by atoms with E-state index in [4.69, 9.17) is 4.74 Å². The van der Waals surface area contributed by atoms with Crippen molar-refractivity contribution in [2.45, 2.75) is 44.4 Å². The van der Waals surface area contributed by atoms with Gasteiger partial charge in [0.25, 0.3) is 11.8 Å². The Morgan fingerprint density at radius 3 is 2.70 bits per heavy atom. The van der Waals surface area contributed by atoms with Crippen molar-refractivity contribution >= 4 is 11.8 Å². The summed E-state index contributed by atoms with van der Waals surface area (Å²) in [6.45, 7) is 0.193. The largest absolute Gasteiger partial charge is 0.486 e. The first kappa shape index (κ1) is 18.8. The van der Waals surface area contributed by atoms with Crippen molar-refractivity contribution in [1.82, 2.24) is 25.8 Å². The summed E-state index contributed by atoms with van der Waals surface area (Å²) in [5.74, 6) is -0.393. The quantitative estimate of drug-likeness (QED) is 0.592. The van der Waals surface area contributed by atoms with Gasteiger partial charge < -0.3 is 25.5 Å². The van der Waals surface area contributed by atoms with E-state index in [0.717, 1.165) is 18.4 Å². The zero-order valence-electron chi connectivity index (χ0n) is 15.1. The summed E-state index contributed by atoms with van der Waals surface area (Å²) < 4.78 is 5.71. The molecule has 0 aromatic carbocycles. The molecule has 144 valence electrons. The zero-order chi connectivity index (χ0) is 19.2. The minimum atomic E-state index is -0.377. The molecule has 0 atom stereocenters. The molecule has 3 rings (SSSR count). The van der Waals surface area contributed by atoms with Gasteiger partial charge in [0.15, 0.2) is 5.75 Å². The first-order chi connectivity index (χ1) is 13.1. The lowest BCUT2D eigenvalue weighted by Gasteiger charge is -2.25. The summed E-state index contributed by atoms with van der Waals surface area (Å²) in [6, 6.07) is 3.29. The molecule has 1 saturated carbocycles. The van der Waals surface area contributed by atoms with Gasteiger partial charge in [-0.3, -0.25) is 9.59 Å². The van der Waals surface area contributed by atoms with Crippen LogP contribution in [0.5, 0.6) is 5.75 Å². The number of ether oxygens (including phenoxy) is 1. The molecule has 9 nitrogen and oxygen atoms in total. The molecule has 1 aliphatic carbocycles. The molecule has 2 aromatic rings. The molecule has 9 heteroatoms. The molecule has 2 aromatic heterocycles. The second-order valence-corrected chi connectivity index (χ2v) is 6.52. The number of carbonyl (C=O) groups excluding carboxylic acids is 2. The van der Waals surface area contributed by atoms with Crippen molar-refractivity contribution < 1.29 is 19.4 Å². The Hall–Kier alpha value is -2.94. The fraction of sp³-hybridized carbons (Fsp3) is 0.444. The predicted octanol–water partition coefficient (Wildman–Crippen LogP) is 0.777. The Kier molecular flexibility index (Phi) is 6.02. The van der Waals surface area contributed by atoms with Gasteiger partial charge in [-0.1, -0.05) is 0 Å². The Morgan fingerprint density at radius 1 is 1.26 bits per heavy atom. The minimum absolute atomic E-state index is 0.0138. The molecule has 0 aliphatic heterocycles. The number of rotatable bonds is 6. The van der Waals surface area contributed by atoms with Crippen LogP contribution in [0.2, 0.25) is 0 Å². The molecule has 0 saturated heterocycles. The second-order valence-electron chi connectivity index (χ2n) is 6.52. The van der Waals surface area contributed by atoms with Crippen molar-refractivity contribution in [3.63, 3.8) is 0 Å². The van der Waals surface area contributed by atoms with Crippen LogP contribution in [0.3, 0.4) is 0 Å². The van der Waals surface area contributed by atoms with E-state index in [2.05, 4.69) is 25.8 Å². The first-order valence-electron chi connectivity index (χ1n) is 8.89. The van der Waals surface area contributed by atoms with E-state index in [1.807, 2.05) is 0 Å². The molecule has 0 spiro atoms. The minimum Gasteiger partial charge on any atom is -0.486 e. The van der Waals surface area contributed by atoms with Crippen LogP contribution in [0.25, 0.3) is 0 Å². The van der Waals surface area contributed by atoms with Gasteiger partial charge in [-0.15, -0.1) is 0 Å². The standard InChI is InChI=1S/C18H23N5O4/c1-19-18(26)16-15(27-10-11-6-7-20-21-9-11)8-14(23-16)17(25)22-12-2-4-13(24)5-3-12/h6-9,12-13,23-24H,2-5,10H2,1H3,(H,19,26)(H,22,25)/t12-,13+. The third kappa shape index (κ3) is 4.82. The summed E-state index contributed by atoms with van der Waals surface area (Å²) in [7, 11) is 1.51. The Labute approximate surface area is 156 Å². The number of aromatic amines is 1. The Bertz CT molecular complexity index is 784. The van der Waals surface area contributed by atoms with E-state index in [1.54, 1.807) is 18.5 Å². The van der Waals surface area contributed by atoms with Crippen LogP contribution >= 0.6 is 0 Å². The number of hydrogen-bond donors (Lipinski definition) is 4. The van der Waals surface area contributed by atoms with E-state index in [0.29, 0.717) is 12.8 Å². The zero-order valence-corrected chi connectivity index (χ0v) is 15.1. The number of nitrogens with zero attached hydrogens (tertiary/aromatic N) is 2. The molecule has 2 heterocycles. The maximum absolute atomic E-state index is 12.5. The van der Waals surface area contributed by atoms with E-state index in [-0.39, 0.29) is 47.7 Å². The van der Waals surface area contributed by atoms with Crippen molar-refractivity contribution in [3.05, 3.63) is 41.5 Å². The normalized spacial score (nSPS) is 19.3. The van der Waals surface area contributed by atoms with Crippen molar-refractivity contribution in [3.8, 4) is 5.75 Å². The van der Waals surface area contributed by atoms with Crippen LogP contribution < -0.4 is 15.4 Å². The SMILES string of the molecule is CNC(=O)c1[nH]c(C(=O)N[C@H]2CC[C@@H](O)CC2)cc1OCc1ccnnc1. The third-order valence-corrected chi connectivity index (χ3v) is 4.55. The van der Waals surface area contributed by atoms with Crippen LogP contribution in [0.15, 0.2) is 24.5 Å².